The van der Waals surface area contributed by atoms with E-state index < -0.39 is 0 Å². The highest BCUT2D eigenvalue weighted by Crippen LogP contribution is 2.20. The van der Waals surface area contributed by atoms with Crippen molar-refractivity contribution in [2.45, 2.75) is 32.8 Å². The molecule has 7 heteroatoms. The zero-order chi connectivity index (χ0) is 14.5. The maximum atomic E-state index is 6.00. The highest BCUT2D eigenvalue weighted by molar-refractivity contribution is 6.16. The molecule has 0 atom stereocenters. The van der Waals surface area contributed by atoms with Crippen LogP contribution in [0.15, 0.2) is 0 Å². The molecular weight excluding hydrogens is 280 g/mol. The first-order chi connectivity index (χ1) is 9.72. The Kier molecular flexibility index (Phi) is 5.39. The molecule has 0 bridgehead atoms. The van der Waals surface area contributed by atoms with E-state index in [9.17, 15) is 0 Å². The fraction of sp³-hybridized carbons (Fsp3) is 0.692. The molecule has 0 unspecified atom stereocenters. The van der Waals surface area contributed by atoms with Crippen LogP contribution in [0.2, 0.25) is 0 Å². The number of rotatable bonds is 8. The molecule has 0 spiro atoms. The Bertz CT molecular complexity index is 564. The third-order valence-corrected chi connectivity index (χ3v) is 3.43. The van der Waals surface area contributed by atoms with Crippen molar-refractivity contribution in [3.8, 4) is 0 Å². The number of aryl methyl sites for hydroxylation is 2. The van der Waals surface area contributed by atoms with Gasteiger partial charge in [0.25, 0.3) is 0 Å². The van der Waals surface area contributed by atoms with Gasteiger partial charge in [0, 0.05) is 20.2 Å². The number of hydrogen-bond acceptors (Lipinski definition) is 4. The van der Waals surface area contributed by atoms with Gasteiger partial charge in [-0.1, -0.05) is 0 Å². The van der Waals surface area contributed by atoms with Crippen LogP contribution in [0.1, 0.15) is 18.4 Å². The predicted molar refractivity (Wildman–Crippen MR) is 78.2 cm³/mol. The average molecular weight is 301 g/mol. The second-order valence-corrected chi connectivity index (χ2v) is 4.76. The highest BCUT2D eigenvalue weighted by atomic mass is 35.5. The van der Waals surface area contributed by atoms with E-state index in [1.54, 1.807) is 7.11 Å². The summed E-state index contributed by atoms with van der Waals surface area (Å²) >= 11 is 6.00. The van der Waals surface area contributed by atoms with Gasteiger partial charge in [-0.2, -0.15) is 5.10 Å². The standard InChI is InChI=1S/C13H21ClN4O2/c1-4-18-13-12(10(2)16-18)15-11(9-14)17(13)5-6-20-8-7-19-3/h4-9H2,1-3H3. The number of methoxy groups -OCH3 is 1. The molecule has 0 amide bonds. The lowest BCUT2D eigenvalue weighted by atomic mass is 10.4. The minimum atomic E-state index is 0.385. The first-order valence-electron chi connectivity index (χ1n) is 6.78. The second-order valence-electron chi connectivity index (χ2n) is 4.49. The van der Waals surface area contributed by atoms with Gasteiger partial charge in [-0.25, -0.2) is 9.67 Å². The van der Waals surface area contributed by atoms with Crippen molar-refractivity contribution in [2.24, 2.45) is 0 Å². The lowest BCUT2D eigenvalue weighted by Crippen LogP contribution is -2.13. The minimum absolute atomic E-state index is 0.385. The van der Waals surface area contributed by atoms with Crippen molar-refractivity contribution < 1.29 is 9.47 Å². The van der Waals surface area contributed by atoms with E-state index in [1.165, 1.54) is 0 Å². The Morgan fingerprint density at radius 1 is 1.25 bits per heavy atom. The van der Waals surface area contributed by atoms with Gasteiger partial charge in [-0.15, -0.1) is 11.6 Å². The molecule has 2 aromatic heterocycles. The van der Waals surface area contributed by atoms with Crippen molar-refractivity contribution in [2.75, 3.05) is 26.9 Å². The monoisotopic (exact) mass is 300 g/mol. The SMILES string of the molecule is CCn1nc(C)c2nc(CCl)n(CCOCCOC)c21. The van der Waals surface area contributed by atoms with E-state index in [4.69, 9.17) is 21.1 Å². The van der Waals surface area contributed by atoms with Crippen LogP contribution < -0.4 is 0 Å². The number of halogens is 1. The lowest BCUT2D eigenvalue weighted by Gasteiger charge is -2.09. The number of imidazole rings is 1. The Hall–Kier alpha value is -1.11. The first kappa shape index (κ1) is 15.3. The Morgan fingerprint density at radius 3 is 2.70 bits per heavy atom. The average Bonchev–Trinajstić information content (AvgIpc) is 2.97. The van der Waals surface area contributed by atoms with E-state index in [-0.39, 0.29) is 0 Å². The number of aromatic nitrogens is 4. The molecule has 0 aliphatic rings. The van der Waals surface area contributed by atoms with E-state index in [0.717, 1.165) is 29.2 Å². The van der Waals surface area contributed by atoms with Gasteiger partial charge in [0.15, 0.2) is 5.65 Å². The van der Waals surface area contributed by atoms with Gasteiger partial charge in [0.1, 0.15) is 11.3 Å². The summed E-state index contributed by atoms with van der Waals surface area (Å²) in [4.78, 5) is 4.58. The number of hydrogen-bond donors (Lipinski definition) is 0. The minimum Gasteiger partial charge on any atom is -0.382 e. The molecule has 112 valence electrons. The summed E-state index contributed by atoms with van der Waals surface area (Å²) in [6, 6.07) is 0. The molecule has 0 fully saturated rings. The van der Waals surface area contributed by atoms with E-state index in [0.29, 0.717) is 32.2 Å². The van der Waals surface area contributed by atoms with Gasteiger partial charge >= 0.3 is 0 Å². The summed E-state index contributed by atoms with van der Waals surface area (Å²) < 4.78 is 14.5. The molecule has 0 aromatic carbocycles. The molecule has 0 saturated carbocycles. The zero-order valence-corrected chi connectivity index (χ0v) is 13.0. The summed E-state index contributed by atoms with van der Waals surface area (Å²) in [6.45, 7) is 7.37. The largest absolute Gasteiger partial charge is 0.382 e. The van der Waals surface area contributed by atoms with Crippen LogP contribution in [-0.2, 0) is 28.4 Å². The van der Waals surface area contributed by atoms with Crippen LogP contribution in [0, 0.1) is 6.92 Å². The molecule has 2 heterocycles. The van der Waals surface area contributed by atoms with Crippen LogP contribution in [0.4, 0.5) is 0 Å². The van der Waals surface area contributed by atoms with Crippen LogP contribution in [0.3, 0.4) is 0 Å². The van der Waals surface area contributed by atoms with Crippen LogP contribution in [-0.4, -0.2) is 46.3 Å². The summed E-state index contributed by atoms with van der Waals surface area (Å²) in [5.74, 6) is 1.25. The zero-order valence-electron chi connectivity index (χ0n) is 12.2. The third-order valence-electron chi connectivity index (χ3n) is 3.19. The van der Waals surface area contributed by atoms with E-state index >= 15 is 0 Å². The fourth-order valence-corrected chi connectivity index (χ4v) is 2.43. The maximum Gasteiger partial charge on any atom is 0.159 e. The van der Waals surface area contributed by atoms with Crippen molar-refractivity contribution in [3.63, 3.8) is 0 Å². The van der Waals surface area contributed by atoms with Gasteiger partial charge in [-0.3, -0.25) is 0 Å². The van der Waals surface area contributed by atoms with Crippen molar-refractivity contribution in [1.82, 2.24) is 19.3 Å². The normalized spacial score (nSPS) is 11.6. The number of nitrogens with zero attached hydrogens (tertiary/aromatic N) is 4. The Morgan fingerprint density at radius 2 is 2.05 bits per heavy atom. The molecule has 2 aromatic rings. The molecule has 6 nitrogen and oxygen atoms in total. The Balaban J connectivity index is 2.20. The lowest BCUT2D eigenvalue weighted by molar-refractivity contribution is 0.0666. The fourth-order valence-electron chi connectivity index (χ4n) is 2.23. The molecule has 0 aliphatic heterocycles. The van der Waals surface area contributed by atoms with Gasteiger partial charge in [0.05, 0.1) is 31.4 Å². The van der Waals surface area contributed by atoms with Crippen LogP contribution in [0.5, 0.6) is 0 Å². The van der Waals surface area contributed by atoms with E-state index in [1.807, 2.05) is 11.6 Å². The molecular formula is C13H21ClN4O2. The van der Waals surface area contributed by atoms with E-state index in [2.05, 4.69) is 21.6 Å². The number of fused-ring (bicyclic) bond motifs is 1. The van der Waals surface area contributed by atoms with Crippen molar-refractivity contribution in [1.29, 1.82) is 0 Å². The Labute approximate surface area is 123 Å². The first-order valence-corrected chi connectivity index (χ1v) is 7.31. The summed E-state index contributed by atoms with van der Waals surface area (Å²) in [5, 5.41) is 4.49. The topological polar surface area (TPSA) is 54.1 Å². The smallest absolute Gasteiger partial charge is 0.159 e. The quantitative estimate of drug-likeness (QED) is 0.552. The van der Waals surface area contributed by atoms with Crippen molar-refractivity contribution >= 4 is 22.8 Å². The maximum absolute atomic E-state index is 6.00. The molecule has 2 rings (SSSR count). The van der Waals surface area contributed by atoms with Gasteiger partial charge in [-0.05, 0) is 13.8 Å². The summed E-state index contributed by atoms with van der Waals surface area (Å²) in [6.07, 6.45) is 0. The molecule has 0 N–H and O–H groups in total. The molecule has 20 heavy (non-hydrogen) atoms. The third kappa shape index (κ3) is 2.97. The second kappa shape index (κ2) is 7.06. The molecule has 0 aliphatic carbocycles. The van der Waals surface area contributed by atoms with Crippen LogP contribution in [0.25, 0.3) is 11.2 Å². The summed E-state index contributed by atoms with van der Waals surface area (Å²) in [7, 11) is 1.66. The van der Waals surface area contributed by atoms with Crippen LogP contribution >= 0.6 is 11.6 Å². The van der Waals surface area contributed by atoms with Crippen molar-refractivity contribution in [3.05, 3.63) is 11.5 Å². The van der Waals surface area contributed by atoms with Gasteiger partial charge in [0.2, 0.25) is 0 Å². The molecule has 0 radical (unpaired) electrons. The molecule has 0 saturated heterocycles. The highest BCUT2D eigenvalue weighted by Gasteiger charge is 2.17. The number of ether oxygens (including phenoxy) is 2. The van der Waals surface area contributed by atoms with Gasteiger partial charge < -0.3 is 14.0 Å². The predicted octanol–water partition coefficient (Wildman–Crippen LogP) is 1.96. The number of alkyl halides is 1. The summed E-state index contributed by atoms with van der Waals surface area (Å²) in [5.41, 5.74) is 2.89.